The molecule has 0 radical (unpaired) electrons. The molecule has 4 aromatic rings. The summed E-state index contributed by atoms with van der Waals surface area (Å²) in [6.07, 6.45) is 11.7. The van der Waals surface area contributed by atoms with E-state index in [1.54, 1.807) is 6.92 Å². The summed E-state index contributed by atoms with van der Waals surface area (Å²) in [5, 5.41) is 28.4. The summed E-state index contributed by atoms with van der Waals surface area (Å²) in [5.74, 6) is 1.34. The molecule has 2 atom stereocenters. The van der Waals surface area contributed by atoms with Crippen LogP contribution in [0.5, 0.6) is 0 Å². The van der Waals surface area contributed by atoms with Crippen LogP contribution in [0.15, 0.2) is 91.3 Å². The van der Waals surface area contributed by atoms with Gasteiger partial charge in [-0.1, -0.05) is 83.4 Å². The van der Waals surface area contributed by atoms with Gasteiger partial charge >= 0.3 is 32.7 Å². The van der Waals surface area contributed by atoms with E-state index in [1.807, 2.05) is 56.7 Å². The van der Waals surface area contributed by atoms with Crippen LogP contribution < -0.4 is 27.4 Å². The fraction of sp³-hybridized carbons (Fsp3) is 0.385. The van der Waals surface area contributed by atoms with Gasteiger partial charge in [0.25, 0.3) is 0 Å². The molecule has 14 nitrogen and oxygen atoms in total. The first-order valence-corrected chi connectivity index (χ1v) is 23.0. The molecule has 0 saturated heterocycles. The number of aromatic nitrogens is 4. The van der Waals surface area contributed by atoms with Gasteiger partial charge in [0.15, 0.2) is 0 Å². The average molecular weight is 986 g/mol. The van der Waals surface area contributed by atoms with Crippen molar-refractivity contribution in [3.8, 4) is 0 Å². The normalized spacial score (nSPS) is 15.6. The summed E-state index contributed by atoms with van der Waals surface area (Å²) in [6.45, 7) is 36.7. The van der Waals surface area contributed by atoms with Crippen LogP contribution in [0.4, 0.5) is 11.6 Å². The van der Waals surface area contributed by atoms with E-state index in [1.165, 1.54) is 18.2 Å². The number of guanidine groups is 1. The van der Waals surface area contributed by atoms with Crippen molar-refractivity contribution in [1.82, 2.24) is 34.9 Å². The largest absolute Gasteiger partial charge is 3.00 e. The number of rotatable bonds is 16. The minimum absolute atomic E-state index is 0. The van der Waals surface area contributed by atoms with Crippen molar-refractivity contribution in [2.75, 3.05) is 32.1 Å². The van der Waals surface area contributed by atoms with Crippen molar-refractivity contribution in [2.24, 2.45) is 16.5 Å². The molecule has 0 saturated carbocycles. The Bertz CT molecular complexity index is 2440. The van der Waals surface area contributed by atoms with Crippen LogP contribution in [-0.4, -0.2) is 74.7 Å². The number of fused-ring (bicyclic) bond motifs is 1. The predicted octanol–water partition coefficient (Wildman–Crippen LogP) is 9.53. The molecule has 2 aliphatic heterocycles. The zero-order valence-corrected chi connectivity index (χ0v) is 44.0. The van der Waals surface area contributed by atoms with Gasteiger partial charge in [0.2, 0.25) is 11.9 Å². The molecule has 2 unspecified atom stereocenters. The Balaban J connectivity index is 0.00000232. The molecule has 2 aromatic heterocycles. The number of hydrogen-bond donors (Lipinski definition) is 6. The van der Waals surface area contributed by atoms with Crippen LogP contribution >= 0.6 is 0 Å². The quantitative estimate of drug-likeness (QED) is 0.0275. The van der Waals surface area contributed by atoms with E-state index in [-0.39, 0.29) is 44.8 Å². The minimum atomic E-state index is -0.283. The van der Waals surface area contributed by atoms with Crippen molar-refractivity contribution in [1.29, 1.82) is 5.41 Å². The zero-order valence-electron chi connectivity index (χ0n) is 41.1. The molecular weight excluding hydrogens is 912 g/mol. The molecule has 2 bridgehead atoms. The first kappa shape index (κ1) is 56.2. The zero-order chi connectivity index (χ0) is 48.5. The Morgan fingerprint density at radius 3 is 2.39 bits per heavy atom. The van der Waals surface area contributed by atoms with Gasteiger partial charge in [-0.15, -0.1) is 6.04 Å². The standard InChI is InChI=1S/C49H63N12O.C2H6.CH5N.Y/c1-11-37-25-38-17-19-41(53-33(6)30-62-10)20-18-39-27-40(34(7)51)28-45-47(39)60(49(57-45)54-35(8)43(52-12-2)21-16-31(4)50)23-15-14-22-59-29-42(38)44(26-37)56-48(59)55-36(9)46-24-32(5)58-61(46)13-3;2*1-2;/h11,14-15,21,24-28,33,41,50,52H,1,6-10,12-13,16-20,22-23,29-30,51H2,2-5H3,(H,54,57)(H,55,56);1-2H3;2H2,1H3;/q-3;;;+3/b15-14+,43-21-,50-31?;;;. The Morgan fingerprint density at radius 2 is 1.75 bits per heavy atom. The summed E-state index contributed by atoms with van der Waals surface area (Å²) in [4.78, 5) is 12.7. The number of nitrogens with two attached hydrogens (primary N) is 2. The van der Waals surface area contributed by atoms with Gasteiger partial charge in [0, 0.05) is 56.1 Å². The van der Waals surface area contributed by atoms with Crippen LogP contribution in [0.1, 0.15) is 93.1 Å². The van der Waals surface area contributed by atoms with Crippen LogP contribution in [-0.2, 0) is 69.9 Å². The number of imidazole rings is 1. The number of benzene rings is 2. The summed E-state index contributed by atoms with van der Waals surface area (Å²) in [5.41, 5.74) is 23.9. The maximum atomic E-state index is 8.03. The summed E-state index contributed by atoms with van der Waals surface area (Å²) in [7, 11) is 5.09. The van der Waals surface area contributed by atoms with E-state index in [0.717, 1.165) is 82.0 Å². The van der Waals surface area contributed by atoms with Crippen LogP contribution in [0.25, 0.3) is 33.8 Å². The van der Waals surface area contributed by atoms with Gasteiger partial charge < -0.3 is 59.3 Å². The molecule has 15 heteroatoms. The summed E-state index contributed by atoms with van der Waals surface area (Å²) >= 11 is 0. The number of ether oxygens (including phenoxy) is 1. The number of likely N-dealkylation sites (N-methyl/N-ethyl adjacent to an activating group) is 1. The van der Waals surface area contributed by atoms with Crippen LogP contribution in [0, 0.1) is 26.4 Å². The number of aryl methyl sites for hydroxylation is 4. The Kier molecular flexibility index (Phi) is 23.2. The minimum Gasteiger partial charge on any atom is -0.681 e. The molecule has 0 aliphatic carbocycles. The van der Waals surface area contributed by atoms with E-state index in [2.05, 4.69) is 114 Å². The molecule has 2 aliphatic rings. The molecule has 8 N–H and O–H groups in total. The fourth-order valence-electron chi connectivity index (χ4n) is 8.05. The van der Waals surface area contributed by atoms with Crippen LogP contribution in [0.3, 0.4) is 0 Å². The number of aliphatic imine (C=N–C) groups is 1. The summed E-state index contributed by atoms with van der Waals surface area (Å²) < 4.78 is 9.39. The number of hydrogen-bond acceptors (Lipinski definition) is 11. The second-order valence-corrected chi connectivity index (χ2v) is 16.0. The van der Waals surface area contributed by atoms with Gasteiger partial charge in [-0.05, 0) is 101 Å². The molecule has 0 spiro atoms. The van der Waals surface area contributed by atoms with E-state index < -0.39 is 0 Å². The Labute approximate surface area is 425 Å². The van der Waals surface area contributed by atoms with Gasteiger partial charge in [0.05, 0.1) is 45.2 Å². The van der Waals surface area contributed by atoms with E-state index in [4.69, 9.17) is 31.2 Å². The molecular formula is C52H74N13OY. The van der Waals surface area contributed by atoms with Gasteiger partial charge in [-0.3, -0.25) is 10.7 Å². The number of allylic oxidation sites excluding steroid dienone is 2. The smallest absolute Gasteiger partial charge is 0.681 e. The molecule has 4 heterocycles. The van der Waals surface area contributed by atoms with Crippen LogP contribution in [0.2, 0.25) is 0 Å². The molecule has 356 valence electrons. The monoisotopic (exact) mass is 986 g/mol. The van der Waals surface area contributed by atoms with Gasteiger partial charge in [-0.2, -0.15) is 5.10 Å². The van der Waals surface area contributed by atoms with Crippen molar-refractivity contribution >= 4 is 51.8 Å². The number of nitrogens with one attached hydrogen (secondary N) is 4. The second-order valence-electron chi connectivity index (χ2n) is 16.0. The van der Waals surface area contributed by atoms with Gasteiger partial charge in [0.1, 0.15) is 0 Å². The molecule has 0 fully saturated rings. The maximum Gasteiger partial charge on any atom is 3.00 e. The van der Waals surface area contributed by atoms with E-state index in [0.29, 0.717) is 74.6 Å². The second kappa shape index (κ2) is 27.6. The van der Waals surface area contributed by atoms with E-state index >= 15 is 0 Å². The first-order valence-electron chi connectivity index (χ1n) is 23.0. The average Bonchev–Trinajstić information content (AvgIpc) is 3.87. The van der Waals surface area contributed by atoms with Crippen molar-refractivity contribution in [3.63, 3.8) is 0 Å². The van der Waals surface area contributed by atoms with E-state index in [9.17, 15) is 0 Å². The topological polar surface area (TPSA) is 187 Å². The third-order valence-electron chi connectivity index (χ3n) is 11.1. The predicted molar refractivity (Wildman–Crippen MR) is 279 cm³/mol. The SMILES string of the molecule is C=Cc1cc2c3c(c1)N=C(NC(=C)c1cc(C)nn1CC)N(C/C=C/Cn1c(NC(=C)/C(=C/CC(C)=N)NCC)nc4cc(C(=C)N)cc(c41)CCC([N-]C([CH2-])CO[CH2-])CC2)C3.CC.CN.[Y+3]. The molecule has 67 heavy (non-hydrogen) atoms. The fourth-order valence-corrected chi connectivity index (χ4v) is 8.05. The van der Waals surface area contributed by atoms with Crippen molar-refractivity contribution in [3.05, 3.63) is 145 Å². The molecule has 0 amide bonds. The number of nitrogens with zero attached hydrogens (tertiary/aromatic N) is 7. The van der Waals surface area contributed by atoms with Gasteiger partial charge in [-0.25, -0.2) is 17.1 Å². The summed E-state index contributed by atoms with van der Waals surface area (Å²) in [6, 6.07) is 10.2. The molecule has 2 aromatic carbocycles. The molecule has 6 rings (SSSR count). The van der Waals surface area contributed by atoms with Crippen molar-refractivity contribution < 1.29 is 37.4 Å². The number of anilines is 1. The van der Waals surface area contributed by atoms with Crippen molar-refractivity contribution in [2.45, 2.75) is 105 Å². The Morgan fingerprint density at radius 1 is 1.04 bits per heavy atom. The first-order chi connectivity index (χ1) is 31.8. The maximum absolute atomic E-state index is 8.03. The Hall–Kier alpha value is -5.12. The third-order valence-corrected chi connectivity index (χ3v) is 11.1. The third kappa shape index (κ3) is 14.9.